The SMILES string of the molecule is CS(=O)(=O)N(Cc1c(Cl)cccc1Cl)c1ccc(C(=O)Nc2ccccc2Sc2ccccc2)cc1. The molecule has 5 nitrogen and oxygen atoms in total. The zero-order valence-corrected chi connectivity index (χ0v) is 22.3. The number of carbonyl (C=O) groups is 1. The number of rotatable bonds is 8. The highest BCUT2D eigenvalue weighted by Gasteiger charge is 2.21. The van der Waals surface area contributed by atoms with E-state index in [0.29, 0.717) is 32.5 Å². The van der Waals surface area contributed by atoms with Crippen LogP contribution in [0.4, 0.5) is 11.4 Å². The predicted molar refractivity (Wildman–Crippen MR) is 149 cm³/mol. The van der Waals surface area contributed by atoms with Crippen LogP contribution in [0.3, 0.4) is 0 Å². The average molecular weight is 558 g/mol. The molecule has 0 fully saturated rings. The molecule has 0 radical (unpaired) electrons. The molecule has 0 heterocycles. The average Bonchev–Trinajstić information content (AvgIpc) is 2.85. The fourth-order valence-corrected chi connectivity index (χ4v) is 5.78. The van der Waals surface area contributed by atoms with Crippen molar-refractivity contribution in [2.45, 2.75) is 16.3 Å². The van der Waals surface area contributed by atoms with Crippen molar-refractivity contribution in [1.82, 2.24) is 0 Å². The maximum Gasteiger partial charge on any atom is 0.255 e. The van der Waals surface area contributed by atoms with Crippen molar-refractivity contribution in [3.05, 3.63) is 118 Å². The standard InChI is InChI=1S/C27H22Cl2N2O3S2/c1-36(33,34)31(18-22-23(28)10-7-11-24(22)29)20-16-14-19(15-17-20)27(32)30-25-12-5-6-13-26(25)35-21-8-3-2-4-9-21/h2-17H,18H2,1H3,(H,30,32). The minimum Gasteiger partial charge on any atom is -0.321 e. The van der Waals surface area contributed by atoms with Gasteiger partial charge in [-0.1, -0.05) is 71.4 Å². The van der Waals surface area contributed by atoms with Crippen molar-refractivity contribution in [3.63, 3.8) is 0 Å². The van der Waals surface area contributed by atoms with Gasteiger partial charge in [-0.15, -0.1) is 0 Å². The summed E-state index contributed by atoms with van der Waals surface area (Å²) < 4.78 is 26.3. The Morgan fingerprint density at radius 1 is 0.833 bits per heavy atom. The van der Waals surface area contributed by atoms with Gasteiger partial charge >= 0.3 is 0 Å². The molecule has 0 aliphatic carbocycles. The van der Waals surface area contributed by atoms with Gasteiger partial charge in [-0.3, -0.25) is 9.10 Å². The molecule has 184 valence electrons. The summed E-state index contributed by atoms with van der Waals surface area (Å²) in [5, 5.41) is 3.70. The summed E-state index contributed by atoms with van der Waals surface area (Å²) in [5.74, 6) is -0.303. The molecule has 9 heteroatoms. The Hall–Kier alpha value is -2.97. The lowest BCUT2D eigenvalue weighted by Crippen LogP contribution is -2.29. The summed E-state index contributed by atoms with van der Waals surface area (Å²) in [5.41, 5.74) is 1.97. The highest BCUT2D eigenvalue weighted by molar-refractivity contribution is 7.99. The highest BCUT2D eigenvalue weighted by atomic mass is 35.5. The molecule has 4 aromatic carbocycles. The Morgan fingerprint density at radius 3 is 2.08 bits per heavy atom. The van der Waals surface area contributed by atoms with Crippen molar-refractivity contribution in [2.75, 3.05) is 15.9 Å². The number of amides is 1. The first-order valence-corrected chi connectivity index (χ1v) is 14.3. The van der Waals surface area contributed by atoms with Crippen LogP contribution in [-0.4, -0.2) is 20.6 Å². The molecule has 0 atom stereocenters. The van der Waals surface area contributed by atoms with Gasteiger partial charge in [0.15, 0.2) is 0 Å². The number of nitrogens with zero attached hydrogens (tertiary/aromatic N) is 1. The fraction of sp³-hybridized carbons (Fsp3) is 0.0741. The largest absolute Gasteiger partial charge is 0.321 e. The number of carbonyl (C=O) groups excluding carboxylic acids is 1. The monoisotopic (exact) mass is 556 g/mol. The van der Waals surface area contributed by atoms with Gasteiger partial charge in [0.05, 0.1) is 24.2 Å². The van der Waals surface area contributed by atoms with Gasteiger partial charge in [-0.05, 0) is 60.7 Å². The highest BCUT2D eigenvalue weighted by Crippen LogP contribution is 2.34. The summed E-state index contributed by atoms with van der Waals surface area (Å²) in [4.78, 5) is 15.0. The number of anilines is 2. The lowest BCUT2D eigenvalue weighted by molar-refractivity contribution is 0.102. The van der Waals surface area contributed by atoms with E-state index in [1.807, 2.05) is 54.6 Å². The first-order valence-electron chi connectivity index (χ1n) is 10.9. The van der Waals surface area contributed by atoms with Crippen molar-refractivity contribution in [3.8, 4) is 0 Å². The number of halogens is 2. The second-order valence-electron chi connectivity index (χ2n) is 7.88. The molecular formula is C27H22Cl2N2O3S2. The number of para-hydroxylation sites is 1. The Morgan fingerprint density at radius 2 is 1.44 bits per heavy atom. The Balaban J connectivity index is 1.54. The van der Waals surface area contributed by atoms with E-state index in [1.165, 1.54) is 4.31 Å². The molecule has 4 aromatic rings. The molecule has 0 bridgehead atoms. The number of nitrogens with one attached hydrogen (secondary N) is 1. The molecule has 0 aromatic heterocycles. The summed E-state index contributed by atoms with van der Waals surface area (Å²) in [6.45, 7) is -0.0348. The van der Waals surface area contributed by atoms with Gasteiger partial charge < -0.3 is 5.32 Å². The van der Waals surface area contributed by atoms with Gasteiger partial charge in [0.1, 0.15) is 0 Å². The van der Waals surface area contributed by atoms with Crippen LogP contribution in [0.1, 0.15) is 15.9 Å². The molecule has 0 unspecified atom stereocenters. The molecule has 36 heavy (non-hydrogen) atoms. The third-order valence-corrected chi connectivity index (χ3v) is 8.22. The van der Waals surface area contributed by atoms with Crippen LogP contribution in [0.2, 0.25) is 10.0 Å². The molecule has 0 saturated carbocycles. The smallest absolute Gasteiger partial charge is 0.255 e. The van der Waals surface area contributed by atoms with Crippen molar-refractivity contribution >= 4 is 62.3 Å². The van der Waals surface area contributed by atoms with E-state index in [1.54, 1.807) is 54.2 Å². The molecule has 0 aliphatic rings. The van der Waals surface area contributed by atoms with Gasteiger partial charge in [-0.2, -0.15) is 0 Å². The Kier molecular flexibility index (Phi) is 8.26. The lowest BCUT2D eigenvalue weighted by atomic mass is 10.1. The maximum atomic E-state index is 13.0. The van der Waals surface area contributed by atoms with Gasteiger partial charge in [-0.25, -0.2) is 8.42 Å². The fourth-order valence-electron chi connectivity index (χ4n) is 3.47. The van der Waals surface area contributed by atoms with E-state index in [0.717, 1.165) is 16.0 Å². The quantitative estimate of drug-likeness (QED) is 0.246. The van der Waals surface area contributed by atoms with Crippen LogP contribution in [-0.2, 0) is 16.6 Å². The van der Waals surface area contributed by atoms with Crippen LogP contribution in [0.15, 0.2) is 107 Å². The van der Waals surface area contributed by atoms with E-state index in [-0.39, 0.29) is 12.5 Å². The van der Waals surface area contributed by atoms with E-state index in [2.05, 4.69) is 5.32 Å². The topological polar surface area (TPSA) is 66.5 Å². The van der Waals surface area contributed by atoms with Crippen molar-refractivity contribution in [2.24, 2.45) is 0 Å². The minimum atomic E-state index is -3.65. The zero-order valence-electron chi connectivity index (χ0n) is 19.2. The second kappa shape index (κ2) is 11.4. The second-order valence-corrected chi connectivity index (χ2v) is 11.7. The van der Waals surface area contributed by atoms with Crippen LogP contribution >= 0.6 is 35.0 Å². The minimum absolute atomic E-state index is 0.0348. The van der Waals surface area contributed by atoms with Gasteiger partial charge in [0.2, 0.25) is 10.0 Å². The van der Waals surface area contributed by atoms with E-state index >= 15 is 0 Å². The first kappa shape index (κ1) is 26.1. The van der Waals surface area contributed by atoms with Gasteiger partial charge in [0, 0.05) is 31.0 Å². The molecular weight excluding hydrogens is 535 g/mol. The van der Waals surface area contributed by atoms with Crippen LogP contribution < -0.4 is 9.62 Å². The molecule has 0 saturated heterocycles. The number of benzene rings is 4. The summed E-state index contributed by atoms with van der Waals surface area (Å²) in [6, 6.07) is 28.8. The Bertz CT molecular complexity index is 1460. The van der Waals surface area contributed by atoms with Crippen molar-refractivity contribution < 1.29 is 13.2 Å². The molecule has 0 spiro atoms. The zero-order chi connectivity index (χ0) is 25.7. The van der Waals surface area contributed by atoms with Gasteiger partial charge in [0.25, 0.3) is 5.91 Å². The summed E-state index contributed by atoms with van der Waals surface area (Å²) in [6.07, 6.45) is 1.11. The summed E-state index contributed by atoms with van der Waals surface area (Å²) >= 11 is 14.1. The first-order chi connectivity index (χ1) is 17.2. The third-order valence-electron chi connectivity index (χ3n) is 5.29. The molecule has 0 aliphatic heterocycles. The predicted octanol–water partition coefficient (Wildman–Crippen LogP) is 7.36. The molecule has 4 rings (SSSR count). The van der Waals surface area contributed by atoms with Crippen LogP contribution in [0.5, 0.6) is 0 Å². The lowest BCUT2D eigenvalue weighted by Gasteiger charge is -2.23. The van der Waals surface area contributed by atoms with Crippen LogP contribution in [0.25, 0.3) is 0 Å². The van der Waals surface area contributed by atoms with E-state index in [9.17, 15) is 13.2 Å². The molecule has 1 amide bonds. The molecule has 1 N–H and O–H groups in total. The maximum absolute atomic E-state index is 13.0. The third kappa shape index (κ3) is 6.42. The van der Waals surface area contributed by atoms with E-state index in [4.69, 9.17) is 23.2 Å². The number of hydrogen-bond donors (Lipinski definition) is 1. The van der Waals surface area contributed by atoms with Crippen LogP contribution in [0, 0.1) is 0 Å². The Labute approximate surface area is 225 Å². The number of hydrogen-bond acceptors (Lipinski definition) is 4. The van der Waals surface area contributed by atoms with E-state index < -0.39 is 10.0 Å². The summed E-state index contributed by atoms with van der Waals surface area (Å²) in [7, 11) is -3.65. The van der Waals surface area contributed by atoms with Crippen molar-refractivity contribution in [1.29, 1.82) is 0 Å². The number of sulfonamides is 1. The normalized spacial score (nSPS) is 11.2.